The molecule has 1 N–H and O–H groups in total. The van der Waals surface area contributed by atoms with Gasteiger partial charge in [-0.25, -0.2) is 0 Å². The molecular formula is C13H11F3N2O2S. The first-order valence-electron chi connectivity index (χ1n) is 6.24. The molecule has 3 heterocycles. The number of hydrogen-bond acceptors (Lipinski definition) is 4. The summed E-state index contributed by atoms with van der Waals surface area (Å²) in [6, 6.07) is 3.42. The summed E-state index contributed by atoms with van der Waals surface area (Å²) in [5.74, 6) is -4.69. The van der Waals surface area contributed by atoms with Gasteiger partial charge in [0.15, 0.2) is 0 Å². The van der Waals surface area contributed by atoms with Gasteiger partial charge in [0.1, 0.15) is 0 Å². The summed E-state index contributed by atoms with van der Waals surface area (Å²) in [5.41, 5.74) is 1.33. The molecule has 112 valence electrons. The first kappa shape index (κ1) is 14.1. The molecule has 0 saturated carbocycles. The first-order chi connectivity index (χ1) is 9.88. The molecule has 8 heteroatoms. The van der Waals surface area contributed by atoms with Crippen LogP contribution in [0.4, 0.5) is 18.9 Å². The van der Waals surface area contributed by atoms with Gasteiger partial charge in [-0.2, -0.15) is 13.2 Å². The maximum Gasteiger partial charge on any atom is 0.394 e. The van der Waals surface area contributed by atoms with E-state index in [1.807, 2.05) is 5.38 Å². The Morgan fingerprint density at radius 1 is 1.38 bits per heavy atom. The average molecular weight is 316 g/mol. The molecule has 0 amide bonds. The minimum atomic E-state index is -4.51. The number of aliphatic carboxylic acids is 1. The average Bonchev–Trinajstić information content (AvgIpc) is 3.04. The minimum Gasteiger partial charge on any atom is -0.481 e. The van der Waals surface area contributed by atoms with E-state index in [0.29, 0.717) is 11.2 Å². The van der Waals surface area contributed by atoms with E-state index < -0.39 is 24.0 Å². The van der Waals surface area contributed by atoms with Crippen LogP contribution in [0, 0.1) is 11.8 Å². The molecule has 0 bridgehead atoms. The predicted octanol–water partition coefficient (Wildman–Crippen LogP) is 3.00. The van der Waals surface area contributed by atoms with Crippen molar-refractivity contribution in [2.24, 2.45) is 11.8 Å². The molecule has 2 aromatic heterocycles. The molecule has 3 rings (SSSR count). The number of halogens is 3. The van der Waals surface area contributed by atoms with Crippen molar-refractivity contribution >= 4 is 33.2 Å². The highest BCUT2D eigenvalue weighted by atomic mass is 32.1. The van der Waals surface area contributed by atoms with Crippen molar-refractivity contribution < 1.29 is 23.1 Å². The number of anilines is 1. The molecule has 4 nitrogen and oxygen atoms in total. The number of nitrogens with zero attached hydrogens (tertiary/aromatic N) is 2. The van der Waals surface area contributed by atoms with Crippen molar-refractivity contribution in [2.75, 3.05) is 18.0 Å². The van der Waals surface area contributed by atoms with Gasteiger partial charge in [-0.1, -0.05) is 0 Å². The van der Waals surface area contributed by atoms with Crippen LogP contribution in [0.2, 0.25) is 0 Å². The third-order valence-corrected chi connectivity index (χ3v) is 4.65. The lowest BCUT2D eigenvalue weighted by atomic mass is 9.96. The van der Waals surface area contributed by atoms with E-state index in [4.69, 9.17) is 5.11 Å². The molecule has 1 fully saturated rings. The minimum absolute atomic E-state index is 0.142. The lowest BCUT2D eigenvalue weighted by molar-refractivity contribution is -0.187. The van der Waals surface area contributed by atoms with E-state index in [0.717, 1.165) is 4.70 Å². The van der Waals surface area contributed by atoms with Crippen molar-refractivity contribution in [1.82, 2.24) is 4.98 Å². The van der Waals surface area contributed by atoms with Crippen LogP contribution in [0.3, 0.4) is 0 Å². The van der Waals surface area contributed by atoms with Crippen molar-refractivity contribution in [3.05, 3.63) is 23.7 Å². The van der Waals surface area contributed by atoms with E-state index in [2.05, 4.69) is 4.98 Å². The Morgan fingerprint density at radius 3 is 2.76 bits per heavy atom. The van der Waals surface area contributed by atoms with E-state index in [1.165, 1.54) is 22.4 Å². The second-order valence-electron chi connectivity index (χ2n) is 4.96. The van der Waals surface area contributed by atoms with Crippen molar-refractivity contribution in [1.29, 1.82) is 0 Å². The molecule has 1 aliphatic rings. The molecular weight excluding hydrogens is 305 g/mol. The van der Waals surface area contributed by atoms with E-state index in [-0.39, 0.29) is 13.1 Å². The number of carboxylic acid groups (broad SMARTS) is 1. The van der Waals surface area contributed by atoms with E-state index in [9.17, 15) is 18.0 Å². The lowest BCUT2D eigenvalue weighted by Gasteiger charge is -2.20. The Hall–Kier alpha value is -1.83. The number of fused-ring (bicyclic) bond motifs is 1. The van der Waals surface area contributed by atoms with Crippen LogP contribution in [-0.4, -0.2) is 35.3 Å². The highest BCUT2D eigenvalue weighted by Crippen LogP contribution is 2.41. The molecule has 1 aliphatic heterocycles. The Morgan fingerprint density at radius 2 is 2.14 bits per heavy atom. The van der Waals surface area contributed by atoms with Gasteiger partial charge in [-0.05, 0) is 17.5 Å². The molecule has 1 saturated heterocycles. The van der Waals surface area contributed by atoms with Crippen molar-refractivity contribution in [2.45, 2.75) is 6.18 Å². The monoisotopic (exact) mass is 316 g/mol. The van der Waals surface area contributed by atoms with Crippen LogP contribution >= 0.6 is 11.3 Å². The van der Waals surface area contributed by atoms with Gasteiger partial charge < -0.3 is 10.0 Å². The molecule has 2 atom stereocenters. The summed E-state index contributed by atoms with van der Waals surface area (Å²) in [5, 5.41) is 10.9. The third-order valence-electron chi connectivity index (χ3n) is 3.72. The topological polar surface area (TPSA) is 53.4 Å². The summed E-state index contributed by atoms with van der Waals surface area (Å²) in [6.45, 7) is -0.478. The zero-order valence-corrected chi connectivity index (χ0v) is 11.5. The lowest BCUT2D eigenvalue weighted by Crippen LogP contribution is -2.33. The number of carboxylic acids is 1. The Balaban J connectivity index is 1.98. The van der Waals surface area contributed by atoms with Gasteiger partial charge >= 0.3 is 12.1 Å². The predicted molar refractivity (Wildman–Crippen MR) is 72.5 cm³/mol. The number of pyridine rings is 1. The quantitative estimate of drug-likeness (QED) is 0.925. The number of carbonyl (C=O) groups is 1. The Kier molecular flexibility index (Phi) is 3.27. The van der Waals surface area contributed by atoms with E-state index >= 15 is 0 Å². The zero-order chi connectivity index (χ0) is 15.2. The van der Waals surface area contributed by atoms with Crippen molar-refractivity contribution in [3.63, 3.8) is 0 Å². The summed E-state index contributed by atoms with van der Waals surface area (Å²) in [4.78, 5) is 16.8. The molecule has 0 aliphatic carbocycles. The van der Waals surface area contributed by atoms with Crippen LogP contribution in [0.1, 0.15) is 0 Å². The number of hydrogen-bond donors (Lipinski definition) is 1. The maximum absolute atomic E-state index is 13.0. The van der Waals surface area contributed by atoms with Crippen LogP contribution in [0.5, 0.6) is 0 Å². The second kappa shape index (κ2) is 4.87. The molecule has 21 heavy (non-hydrogen) atoms. The van der Waals surface area contributed by atoms with Gasteiger partial charge in [0.25, 0.3) is 0 Å². The Bertz CT molecular complexity index is 685. The number of alkyl halides is 3. The van der Waals surface area contributed by atoms with Gasteiger partial charge in [0.2, 0.25) is 0 Å². The highest BCUT2D eigenvalue weighted by Gasteiger charge is 2.52. The fourth-order valence-corrected chi connectivity index (χ4v) is 3.58. The highest BCUT2D eigenvalue weighted by molar-refractivity contribution is 7.17. The fraction of sp³-hybridized carbons (Fsp3) is 0.385. The molecule has 0 unspecified atom stereocenters. The molecule has 0 radical (unpaired) electrons. The molecule has 0 aromatic carbocycles. The van der Waals surface area contributed by atoms with Crippen LogP contribution in [0.25, 0.3) is 10.2 Å². The van der Waals surface area contributed by atoms with Gasteiger partial charge in [0, 0.05) is 19.3 Å². The van der Waals surface area contributed by atoms with Crippen LogP contribution in [0.15, 0.2) is 23.7 Å². The summed E-state index contributed by atoms with van der Waals surface area (Å²) >= 11 is 1.39. The standard InChI is InChI=1S/C13H11F3N2O2S/c14-13(15,16)8-6-18(5-7(8)12(19)20)10-1-3-17-9-2-4-21-11(9)10/h1-4,7-8H,5-6H2,(H,19,20)/t7-,8-/m1/s1. The van der Waals surface area contributed by atoms with Gasteiger partial charge in [-0.15, -0.1) is 11.3 Å². The summed E-state index contributed by atoms with van der Waals surface area (Å²) < 4.78 is 39.8. The largest absolute Gasteiger partial charge is 0.481 e. The molecule has 2 aromatic rings. The summed E-state index contributed by atoms with van der Waals surface area (Å²) in [7, 11) is 0. The number of aromatic nitrogens is 1. The summed E-state index contributed by atoms with van der Waals surface area (Å²) in [6.07, 6.45) is -2.99. The van der Waals surface area contributed by atoms with E-state index in [1.54, 1.807) is 12.1 Å². The number of thiophene rings is 1. The van der Waals surface area contributed by atoms with Crippen LogP contribution in [-0.2, 0) is 4.79 Å². The SMILES string of the molecule is O=C(O)[C@@H]1CN(c2ccnc3ccsc23)C[C@H]1C(F)(F)F. The Labute approximate surface area is 121 Å². The zero-order valence-electron chi connectivity index (χ0n) is 10.7. The normalized spacial score (nSPS) is 22.9. The maximum atomic E-state index is 13.0. The van der Waals surface area contributed by atoms with Gasteiger partial charge in [0.05, 0.1) is 27.7 Å². The number of rotatable bonds is 2. The third kappa shape index (κ3) is 2.44. The van der Waals surface area contributed by atoms with Crippen molar-refractivity contribution in [3.8, 4) is 0 Å². The first-order valence-corrected chi connectivity index (χ1v) is 7.12. The molecule has 0 spiro atoms. The fourth-order valence-electron chi connectivity index (χ4n) is 2.69. The second-order valence-corrected chi connectivity index (χ2v) is 5.88. The van der Waals surface area contributed by atoms with Crippen LogP contribution < -0.4 is 4.90 Å². The van der Waals surface area contributed by atoms with Gasteiger partial charge in [-0.3, -0.25) is 9.78 Å². The smallest absolute Gasteiger partial charge is 0.394 e.